The molecule has 1 aromatic rings. The van der Waals surface area contributed by atoms with E-state index in [2.05, 4.69) is 30.4 Å². The average Bonchev–Trinajstić information content (AvgIpc) is 2.74. The van der Waals surface area contributed by atoms with Crippen LogP contribution in [-0.4, -0.2) is 29.3 Å². The van der Waals surface area contributed by atoms with Gasteiger partial charge in [0.15, 0.2) is 0 Å². The van der Waals surface area contributed by atoms with Crippen molar-refractivity contribution in [1.82, 2.24) is 0 Å². The largest absolute Gasteiger partial charge is 0.381 e. The third-order valence-corrected chi connectivity index (χ3v) is 9.57. The van der Waals surface area contributed by atoms with Crippen LogP contribution in [0.25, 0.3) is 6.08 Å². The van der Waals surface area contributed by atoms with Gasteiger partial charge in [0.1, 0.15) is 11.6 Å². The molecule has 1 saturated heterocycles. The van der Waals surface area contributed by atoms with Gasteiger partial charge in [0, 0.05) is 19.3 Å². The van der Waals surface area contributed by atoms with Crippen molar-refractivity contribution in [3.63, 3.8) is 0 Å². The molecule has 30 heavy (non-hydrogen) atoms. The summed E-state index contributed by atoms with van der Waals surface area (Å²) >= 11 is 4.12. The van der Waals surface area contributed by atoms with E-state index in [1.165, 1.54) is 23.6 Å². The van der Waals surface area contributed by atoms with Gasteiger partial charge in [0.25, 0.3) is 6.08 Å². The molecule has 0 amide bonds. The molecule has 3 rings (SSSR count). The first-order chi connectivity index (χ1) is 14.5. The van der Waals surface area contributed by atoms with Crippen LogP contribution in [0.2, 0.25) is 0 Å². The Kier molecular flexibility index (Phi) is 9.45. The topological polar surface area (TPSA) is 9.23 Å². The monoisotopic (exact) mass is 462 g/mol. The number of hydrogen-bond acceptors (Lipinski definition) is 3. The van der Waals surface area contributed by atoms with Gasteiger partial charge in [-0.2, -0.15) is 8.78 Å². The van der Waals surface area contributed by atoms with Crippen molar-refractivity contribution < 1.29 is 22.3 Å². The lowest BCUT2D eigenvalue weighted by Gasteiger charge is -2.37. The minimum Gasteiger partial charge on any atom is -0.381 e. The van der Waals surface area contributed by atoms with E-state index in [1.54, 1.807) is 0 Å². The van der Waals surface area contributed by atoms with Crippen LogP contribution in [0.1, 0.15) is 62.5 Å². The molecule has 1 heterocycles. The zero-order chi connectivity index (χ0) is 21.5. The highest BCUT2D eigenvalue weighted by Gasteiger charge is 2.32. The Hall–Kier alpha value is -0.660. The maximum atomic E-state index is 14.1. The number of halogens is 4. The van der Waals surface area contributed by atoms with Gasteiger partial charge in [-0.1, -0.05) is 6.92 Å². The predicted octanol–water partition coefficient (Wildman–Crippen LogP) is 7.72. The lowest BCUT2D eigenvalue weighted by molar-refractivity contribution is 0.125. The highest BCUT2D eigenvalue weighted by Crippen LogP contribution is 2.47. The van der Waals surface area contributed by atoms with Gasteiger partial charge in [0.05, 0.1) is 10.1 Å². The predicted molar refractivity (Wildman–Crippen MR) is 119 cm³/mol. The summed E-state index contributed by atoms with van der Waals surface area (Å²) in [7, 11) is 0. The second-order valence-corrected chi connectivity index (χ2v) is 10.9. The third-order valence-electron chi connectivity index (χ3n) is 5.99. The van der Waals surface area contributed by atoms with Crippen LogP contribution in [-0.2, 0) is 4.74 Å². The van der Waals surface area contributed by atoms with E-state index in [0.717, 1.165) is 57.7 Å². The summed E-state index contributed by atoms with van der Waals surface area (Å²) in [4.78, 5) is 0. The van der Waals surface area contributed by atoms with E-state index in [0.29, 0.717) is 16.1 Å². The first kappa shape index (κ1) is 24.0. The first-order valence-electron chi connectivity index (χ1n) is 10.8. The Morgan fingerprint density at radius 3 is 2.23 bits per heavy atom. The van der Waals surface area contributed by atoms with E-state index in [4.69, 9.17) is 4.74 Å². The minimum absolute atomic E-state index is 0.0977. The van der Waals surface area contributed by atoms with Crippen LogP contribution < -0.4 is 0 Å². The van der Waals surface area contributed by atoms with E-state index in [-0.39, 0.29) is 12.0 Å². The van der Waals surface area contributed by atoms with E-state index in [9.17, 15) is 17.6 Å². The first-order valence-corrected chi connectivity index (χ1v) is 12.9. The van der Waals surface area contributed by atoms with Crippen LogP contribution in [0.5, 0.6) is 0 Å². The Morgan fingerprint density at radius 2 is 1.67 bits per heavy atom. The minimum atomic E-state index is -2.10. The molecule has 0 aromatic heterocycles. The van der Waals surface area contributed by atoms with Gasteiger partial charge < -0.3 is 4.74 Å². The fourth-order valence-electron chi connectivity index (χ4n) is 4.30. The molecule has 1 aliphatic carbocycles. The van der Waals surface area contributed by atoms with Crippen molar-refractivity contribution >= 4 is 29.6 Å². The standard InChI is InChI=1S/C23H30F4OS2/c1-2-8-28-9-7-15-13-29-23(30-14-15)17-5-3-16(4-6-17)18-10-20(24)19(12-22(26)27)21(25)11-18/h10-12,15-17,23H,2-9,13-14H2,1H3. The summed E-state index contributed by atoms with van der Waals surface area (Å²) in [6, 6.07) is 2.47. The summed E-state index contributed by atoms with van der Waals surface area (Å²) in [6.07, 6.45) is 4.23. The summed E-state index contributed by atoms with van der Waals surface area (Å²) in [6.45, 7) is 3.83. The lowest BCUT2D eigenvalue weighted by Crippen LogP contribution is -2.27. The Labute approximate surface area is 185 Å². The molecule has 0 spiro atoms. The van der Waals surface area contributed by atoms with Gasteiger partial charge in [0.2, 0.25) is 0 Å². The third kappa shape index (κ3) is 6.67. The second kappa shape index (κ2) is 11.8. The molecule has 1 aromatic carbocycles. The number of ether oxygens (including phenoxy) is 1. The Balaban J connectivity index is 1.47. The lowest BCUT2D eigenvalue weighted by atomic mass is 9.79. The zero-order valence-corrected chi connectivity index (χ0v) is 19.0. The highest BCUT2D eigenvalue weighted by molar-refractivity contribution is 8.17. The van der Waals surface area contributed by atoms with Gasteiger partial charge >= 0.3 is 0 Å². The summed E-state index contributed by atoms with van der Waals surface area (Å²) in [5.74, 6) is 2.00. The molecule has 0 atom stereocenters. The van der Waals surface area contributed by atoms with E-state index in [1.807, 2.05) is 0 Å². The van der Waals surface area contributed by atoms with Crippen molar-refractivity contribution in [3.05, 3.63) is 41.0 Å². The van der Waals surface area contributed by atoms with Gasteiger partial charge in [-0.05, 0) is 85.5 Å². The molecule has 7 heteroatoms. The van der Waals surface area contributed by atoms with Gasteiger partial charge in [-0.15, -0.1) is 23.5 Å². The number of hydrogen-bond donors (Lipinski definition) is 0. The normalized spacial score (nSPS) is 27.1. The van der Waals surface area contributed by atoms with Crippen LogP contribution in [0.4, 0.5) is 17.6 Å². The van der Waals surface area contributed by atoms with E-state index >= 15 is 0 Å². The molecule has 2 aliphatic rings. The highest BCUT2D eigenvalue weighted by atomic mass is 32.2. The fraction of sp³-hybridized carbons (Fsp3) is 0.652. The molecule has 1 aliphatic heterocycles. The summed E-state index contributed by atoms with van der Waals surface area (Å²) < 4.78 is 59.3. The molecular weight excluding hydrogens is 432 g/mol. The number of benzene rings is 1. The van der Waals surface area contributed by atoms with Gasteiger partial charge in [-0.25, -0.2) is 8.78 Å². The Morgan fingerprint density at radius 1 is 1.03 bits per heavy atom. The molecule has 1 saturated carbocycles. The average molecular weight is 463 g/mol. The number of thioether (sulfide) groups is 2. The SMILES string of the molecule is CCCOCCC1CSC(C2CCC(c3cc(F)c(C=C(F)F)c(F)c3)CC2)SC1. The van der Waals surface area contributed by atoms with Crippen molar-refractivity contribution in [1.29, 1.82) is 0 Å². The number of rotatable bonds is 8. The van der Waals surface area contributed by atoms with Gasteiger partial charge in [-0.3, -0.25) is 0 Å². The molecule has 0 bridgehead atoms. The summed E-state index contributed by atoms with van der Waals surface area (Å²) in [5.41, 5.74) is -0.0620. The Bertz CT molecular complexity index is 684. The fourth-order valence-corrected chi connectivity index (χ4v) is 7.89. The van der Waals surface area contributed by atoms with E-state index < -0.39 is 23.3 Å². The van der Waals surface area contributed by atoms with Crippen LogP contribution >= 0.6 is 23.5 Å². The smallest absolute Gasteiger partial charge is 0.271 e. The van der Waals surface area contributed by atoms with Crippen molar-refractivity contribution in [2.45, 2.75) is 55.9 Å². The molecule has 1 nitrogen and oxygen atoms in total. The quantitative estimate of drug-likeness (QED) is 0.289. The van der Waals surface area contributed by atoms with Crippen LogP contribution in [0.15, 0.2) is 18.2 Å². The maximum Gasteiger partial charge on any atom is 0.271 e. The zero-order valence-electron chi connectivity index (χ0n) is 17.3. The van der Waals surface area contributed by atoms with Crippen LogP contribution in [0.3, 0.4) is 0 Å². The molecular formula is C23H30F4OS2. The second-order valence-electron chi connectivity index (χ2n) is 8.25. The summed E-state index contributed by atoms with van der Waals surface area (Å²) in [5, 5.41) is 0. The van der Waals surface area contributed by atoms with Crippen LogP contribution in [0, 0.1) is 23.5 Å². The molecule has 168 valence electrons. The molecule has 2 fully saturated rings. The van der Waals surface area contributed by atoms with Crippen molar-refractivity contribution in [2.24, 2.45) is 11.8 Å². The maximum absolute atomic E-state index is 14.1. The molecule has 0 unspecified atom stereocenters. The van der Waals surface area contributed by atoms with Crippen molar-refractivity contribution in [2.75, 3.05) is 24.7 Å². The molecule has 0 radical (unpaired) electrons. The van der Waals surface area contributed by atoms with Crippen molar-refractivity contribution in [3.8, 4) is 0 Å². The molecule has 0 N–H and O–H groups in total.